The summed E-state index contributed by atoms with van der Waals surface area (Å²) in [6.45, 7) is 4.96. The standard InChI is InChI=1S/C24H27N3O4S2/c1-3-18-10-12-19(13-11-18)22(28)17(2)32-24-26-25-23(31-24)20-8-7-9-21(16-20)33(29,30)27-14-5-4-6-15-27/h7-13,16-17H,3-6,14-15H2,1-2H3/t17-/m1/s1. The molecule has 2 heterocycles. The van der Waals surface area contributed by atoms with Crippen molar-refractivity contribution in [2.45, 2.75) is 54.9 Å². The summed E-state index contributed by atoms with van der Waals surface area (Å²) < 4.78 is 33.3. The van der Waals surface area contributed by atoms with Crippen LogP contribution in [0, 0.1) is 0 Å². The number of ketones is 1. The molecule has 3 aromatic rings. The number of piperidine rings is 1. The SMILES string of the molecule is CCc1ccc(C(=O)[C@@H](C)Sc2nnc(-c3cccc(S(=O)(=O)N4CCCCC4)c3)o2)cc1. The number of nitrogens with zero attached hydrogens (tertiary/aromatic N) is 3. The predicted octanol–water partition coefficient (Wildman–Crippen LogP) is 4.84. The molecule has 1 saturated heterocycles. The summed E-state index contributed by atoms with van der Waals surface area (Å²) in [4.78, 5) is 13.0. The van der Waals surface area contributed by atoms with Crippen LogP contribution in [0.2, 0.25) is 0 Å². The van der Waals surface area contributed by atoms with Crippen molar-refractivity contribution in [1.29, 1.82) is 0 Å². The van der Waals surface area contributed by atoms with E-state index in [9.17, 15) is 13.2 Å². The van der Waals surface area contributed by atoms with Crippen molar-refractivity contribution >= 4 is 27.6 Å². The molecular weight excluding hydrogens is 458 g/mol. The number of carbonyl (C=O) groups excluding carboxylic acids is 1. The number of carbonyl (C=O) groups is 1. The zero-order chi connectivity index (χ0) is 23.4. The molecule has 1 fully saturated rings. The first-order chi connectivity index (χ1) is 15.9. The molecule has 9 heteroatoms. The first kappa shape index (κ1) is 23.7. The van der Waals surface area contributed by atoms with Gasteiger partial charge in [0.05, 0.1) is 10.1 Å². The summed E-state index contributed by atoms with van der Waals surface area (Å²) in [5.74, 6) is 0.206. The Balaban J connectivity index is 1.48. The molecule has 0 aliphatic carbocycles. The first-order valence-corrected chi connectivity index (χ1v) is 13.4. The van der Waals surface area contributed by atoms with Crippen LogP contribution < -0.4 is 0 Å². The van der Waals surface area contributed by atoms with Crippen LogP contribution >= 0.6 is 11.8 Å². The lowest BCUT2D eigenvalue weighted by Gasteiger charge is -2.25. The van der Waals surface area contributed by atoms with E-state index in [0.717, 1.165) is 25.7 Å². The van der Waals surface area contributed by atoms with Gasteiger partial charge in [-0.25, -0.2) is 8.42 Å². The smallest absolute Gasteiger partial charge is 0.277 e. The minimum atomic E-state index is -3.56. The molecule has 2 aromatic carbocycles. The monoisotopic (exact) mass is 485 g/mol. The Bertz CT molecular complexity index is 1220. The highest BCUT2D eigenvalue weighted by Crippen LogP contribution is 2.29. The molecular formula is C24H27N3O4S2. The van der Waals surface area contributed by atoms with Crippen LogP contribution in [0.5, 0.6) is 0 Å². The number of hydrogen-bond donors (Lipinski definition) is 0. The Hall–Kier alpha value is -2.49. The second kappa shape index (κ2) is 10.2. The van der Waals surface area contributed by atoms with Gasteiger partial charge in [-0.05, 0) is 49.9 Å². The molecule has 174 valence electrons. The van der Waals surface area contributed by atoms with Gasteiger partial charge in [0.25, 0.3) is 5.22 Å². The molecule has 1 atom stereocenters. The van der Waals surface area contributed by atoms with Crippen LogP contribution in [0.1, 0.15) is 49.0 Å². The van der Waals surface area contributed by atoms with Gasteiger partial charge < -0.3 is 4.42 Å². The number of aromatic nitrogens is 2. The zero-order valence-electron chi connectivity index (χ0n) is 18.7. The fourth-order valence-electron chi connectivity index (χ4n) is 3.76. The van der Waals surface area contributed by atoms with Crippen LogP contribution in [0.25, 0.3) is 11.5 Å². The Morgan fingerprint density at radius 2 is 1.82 bits per heavy atom. The number of rotatable bonds is 8. The minimum Gasteiger partial charge on any atom is -0.411 e. The molecule has 0 radical (unpaired) electrons. The van der Waals surface area contributed by atoms with Crippen molar-refractivity contribution in [3.63, 3.8) is 0 Å². The Labute approximate surface area is 198 Å². The second-order valence-corrected chi connectivity index (χ2v) is 11.3. The van der Waals surface area contributed by atoms with E-state index >= 15 is 0 Å². The summed E-state index contributed by atoms with van der Waals surface area (Å²) in [6.07, 6.45) is 3.73. The Kier molecular flexibility index (Phi) is 7.31. The van der Waals surface area contributed by atoms with Gasteiger partial charge in [-0.1, -0.05) is 55.4 Å². The van der Waals surface area contributed by atoms with Gasteiger partial charge in [0.15, 0.2) is 5.78 Å². The highest BCUT2D eigenvalue weighted by molar-refractivity contribution is 8.00. The number of Topliss-reactive ketones (excluding diaryl/α,β-unsaturated/α-hetero) is 1. The summed E-state index contributed by atoms with van der Waals surface area (Å²) in [5.41, 5.74) is 2.35. The lowest BCUT2D eigenvalue weighted by atomic mass is 10.1. The molecule has 0 amide bonds. The number of thioether (sulfide) groups is 1. The fourth-order valence-corrected chi connectivity index (χ4v) is 6.09. The third-order valence-corrected chi connectivity index (χ3v) is 8.56. The maximum atomic E-state index is 13.0. The third-order valence-electron chi connectivity index (χ3n) is 5.73. The van der Waals surface area contributed by atoms with Gasteiger partial charge in [0.2, 0.25) is 15.9 Å². The van der Waals surface area contributed by atoms with Gasteiger partial charge in [0, 0.05) is 24.2 Å². The molecule has 7 nitrogen and oxygen atoms in total. The van der Waals surface area contributed by atoms with Crippen LogP contribution in [0.3, 0.4) is 0 Å². The highest BCUT2D eigenvalue weighted by atomic mass is 32.2. The van der Waals surface area contributed by atoms with Crippen molar-refractivity contribution in [3.05, 3.63) is 59.7 Å². The van der Waals surface area contributed by atoms with Crippen molar-refractivity contribution < 1.29 is 17.6 Å². The van der Waals surface area contributed by atoms with Crippen LogP contribution in [0.15, 0.2) is 63.1 Å². The molecule has 0 saturated carbocycles. The van der Waals surface area contributed by atoms with Gasteiger partial charge in [0.1, 0.15) is 0 Å². The number of benzene rings is 2. The summed E-state index contributed by atoms with van der Waals surface area (Å²) in [7, 11) is -3.56. The van der Waals surface area contributed by atoms with E-state index in [1.165, 1.54) is 21.6 Å². The van der Waals surface area contributed by atoms with E-state index in [0.29, 0.717) is 24.2 Å². The third kappa shape index (κ3) is 5.37. The predicted molar refractivity (Wildman–Crippen MR) is 128 cm³/mol. The van der Waals surface area contributed by atoms with Gasteiger partial charge in [-0.15, -0.1) is 10.2 Å². The van der Waals surface area contributed by atoms with E-state index < -0.39 is 15.3 Å². The Morgan fingerprint density at radius 3 is 2.52 bits per heavy atom. The molecule has 1 aliphatic heterocycles. The summed E-state index contributed by atoms with van der Waals surface area (Å²) in [5, 5.41) is 7.98. The van der Waals surface area contributed by atoms with E-state index in [1.54, 1.807) is 31.2 Å². The highest BCUT2D eigenvalue weighted by Gasteiger charge is 2.27. The van der Waals surface area contributed by atoms with Crippen molar-refractivity contribution in [1.82, 2.24) is 14.5 Å². The van der Waals surface area contributed by atoms with E-state index in [1.807, 2.05) is 24.3 Å². The average molecular weight is 486 g/mol. The van der Waals surface area contributed by atoms with E-state index in [-0.39, 0.29) is 21.8 Å². The largest absolute Gasteiger partial charge is 0.411 e. The van der Waals surface area contributed by atoms with E-state index in [2.05, 4.69) is 17.1 Å². The first-order valence-electron chi connectivity index (χ1n) is 11.1. The summed E-state index contributed by atoms with van der Waals surface area (Å²) >= 11 is 1.19. The molecule has 0 bridgehead atoms. The molecule has 1 aromatic heterocycles. The zero-order valence-corrected chi connectivity index (χ0v) is 20.4. The lowest BCUT2D eigenvalue weighted by molar-refractivity contribution is 0.0993. The van der Waals surface area contributed by atoms with E-state index in [4.69, 9.17) is 4.42 Å². The van der Waals surface area contributed by atoms with Gasteiger partial charge >= 0.3 is 0 Å². The average Bonchev–Trinajstić information content (AvgIpc) is 3.32. The Morgan fingerprint density at radius 1 is 1.09 bits per heavy atom. The van der Waals surface area contributed by atoms with Gasteiger partial charge in [-0.2, -0.15) is 4.31 Å². The van der Waals surface area contributed by atoms with Crippen LogP contribution in [0.4, 0.5) is 0 Å². The topological polar surface area (TPSA) is 93.4 Å². The van der Waals surface area contributed by atoms with Gasteiger partial charge in [-0.3, -0.25) is 4.79 Å². The van der Waals surface area contributed by atoms with Crippen LogP contribution in [-0.4, -0.2) is 47.0 Å². The maximum Gasteiger partial charge on any atom is 0.277 e. The molecule has 0 spiro atoms. The number of aryl methyl sites for hydroxylation is 1. The second-order valence-electron chi connectivity index (χ2n) is 8.04. The molecule has 0 N–H and O–H groups in total. The fraction of sp³-hybridized carbons (Fsp3) is 0.375. The molecule has 1 aliphatic rings. The minimum absolute atomic E-state index is 0.0166. The van der Waals surface area contributed by atoms with Crippen molar-refractivity contribution in [2.75, 3.05) is 13.1 Å². The van der Waals surface area contributed by atoms with Crippen molar-refractivity contribution in [3.8, 4) is 11.5 Å². The molecule has 33 heavy (non-hydrogen) atoms. The number of sulfonamides is 1. The van der Waals surface area contributed by atoms with Crippen LogP contribution in [-0.2, 0) is 16.4 Å². The number of hydrogen-bond acceptors (Lipinski definition) is 7. The quantitative estimate of drug-likeness (QED) is 0.333. The maximum absolute atomic E-state index is 13.0. The van der Waals surface area contributed by atoms with Crippen molar-refractivity contribution in [2.24, 2.45) is 0 Å². The molecule has 4 rings (SSSR count). The normalized spacial score (nSPS) is 15.9. The molecule has 0 unspecified atom stereocenters. The lowest BCUT2D eigenvalue weighted by Crippen LogP contribution is -2.35. The summed E-state index contributed by atoms with van der Waals surface area (Å²) in [6, 6.07) is 14.2.